The summed E-state index contributed by atoms with van der Waals surface area (Å²) in [4.78, 5) is 11.7. The first-order valence-corrected chi connectivity index (χ1v) is 7.37. The van der Waals surface area contributed by atoms with Crippen LogP contribution >= 0.6 is 0 Å². The Morgan fingerprint density at radius 2 is 2.15 bits per heavy atom. The van der Waals surface area contributed by atoms with Crippen molar-refractivity contribution < 1.29 is 4.74 Å². The lowest BCUT2D eigenvalue weighted by molar-refractivity contribution is 0.0925. The summed E-state index contributed by atoms with van der Waals surface area (Å²) in [6.45, 7) is 11.0. The minimum absolute atomic E-state index is 0.0599. The Hall–Kier alpha value is -1.36. The number of anilines is 2. The van der Waals surface area contributed by atoms with Gasteiger partial charge in [0.1, 0.15) is 17.5 Å². The van der Waals surface area contributed by atoms with Crippen LogP contribution in [-0.4, -0.2) is 42.8 Å². The maximum atomic E-state index is 5.58. The van der Waals surface area contributed by atoms with E-state index in [-0.39, 0.29) is 5.41 Å². The maximum absolute atomic E-state index is 5.58. The zero-order valence-corrected chi connectivity index (χ0v) is 13.2. The highest BCUT2D eigenvalue weighted by molar-refractivity contribution is 5.50. The molecule has 0 bridgehead atoms. The Bertz CT molecular complexity index is 456. The van der Waals surface area contributed by atoms with Crippen LogP contribution in [0.5, 0.6) is 0 Å². The van der Waals surface area contributed by atoms with E-state index in [4.69, 9.17) is 9.72 Å². The van der Waals surface area contributed by atoms with Crippen LogP contribution in [0.25, 0.3) is 0 Å². The Labute approximate surface area is 121 Å². The van der Waals surface area contributed by atoms with Crippen molar-refractivity contribution in [1.82, 2.24) is 9.97 Å². The first-order valence-electron chi connectivity index (χ1n) is 7.37. The molecule has 5 nitrogen and oxygen atoms in total. The van der Waals surface area contributed by atoms with Crippen molar-refractivity contribution in [3.8, 4) is 0 Å². The molecule has 2 rings (SSSR count). The fraction of sp³-hybridized carbons (Fsp3) is 0.733. The van der Waals surface area contributed by atoms with Gasteiger partial charge in [0, 0.05) is 25.1 Å². The van der Waals surface area contributed by atoms with Crippen LogP contribution < -0.4 is 10.2 Å². The molecule has 1 aliphatic heterocycles. The molecule has 5 heteroatoms. The summed E-state index contributed by atoms with van der Waals surface area (Å²) in [5.41, 5.74) is -0.0599. The molecule has 0 aromatic carbocycles. The fourth-order valence-electron chi connectivity index (χ4n) is 2.34. The number of ether oxygens (including phenoxy) is 1. The molecule has 1 aromatic heterocycles. The van der Waals surface area contributed by atoms with E-state index >= 15 is 0 Å². The van der Waals surface area contributed by atoms with Gasteiger partial charge in [-0.2, -0.15) is 0 Å². The fourth-order valence-corrected chi connectivity index (χ4v) is 2.34. The summed E-state index contributed by atoms with van der Waals surface area (Å²) in [6.07, 6.45) is 1.06. The molecule has 1 aromatic rings. The standard InChI is InChI=1S/C15H26N4O/c1-6-11-10-20-8-7-19(11)13-9-12(16-5)17-14(18-13)15(2,3)4/h9,11H,6-8,10H2,1-5H3,(H,16,17,18). The van der Waals surface area contributed by atoms with Crippen molar-refractivity contribution in [2.45, 2.75) is 45.6 Å². The Kier molecular flexibility index (Phi) is 4.48. The van der Waals surface area contributed by atoms with Crippen LogP contribution in [0.2, 0.25) is 0 Å². The molecule has 112 valence electrons. The monoisotopic (exact) mass is 278 g/mol. The van der Waals surface area contributed by atoms with Crippen molar-refractivity contribution in [3.63, 3.8) is 0 Å². The lowest BCUT2D eigenvalue weighted by atomic mass is 9.95. The molecule has 1 unspecified atom stereocenters. The molecule has 1 N–H and O–H groups in total. The average Bonchev–Trinajstić information content (AvgIpc) is 2.45. The SMILES string of the molecule is CCC1COCCN1c1cc(NC)nc(C(C)(C)C)n1. The van der Waals surface area contributed by atoms with Gasteiger partial charge in [-0.15, -0.1) is 0 Å². The first kappa shape index (κ1) is 15.0. The molecule has 2 heterocycles. The molecule has 0 radical (unpaired) electrons. The van der Waals surface area contributed by atoms with Crippen LogP contribution in [0.15, 0.2) is 6.07 Å². The lowest BCUT2D eigenvalue weighted by Gasteiger charge is -2.36. The van der Waals surface area contributed by atoms with Crippen molar-refractivity contribution in [2.24, 2.45) is 0 Å². The third kappa shape index (κ3) is 3.20. The van der Waals surface area contributed by atoms with Gasteiger partial charge in [0.15, 0.2) is 0 Å². The maximum Gasteiger partial charge on any atom is 0.138 e. The molecule has 1 atom stereocenters. The second-order valence-electron chi connectivity index (χ2n) is 6.27. The third-order valence-corrected chi connectivity index (χ3v) is 3.63. The summed E-state index contributed by atoms with van der Waals surface area (Å²) in [7, 11) is 1.90. The number of aromatic nitrogens is 2. The van der Waals surface area contributed by atoms with Gasteiger partial charge in [-0.1, -0.05) is 27.7 Å². The van der Waals surface area contributed by atoms with Gasteiger partial charge in [-0.05, 0) is 6.42 Å². The topological polar surface area (TPSA) is 50.3 Å². The zero-order valence-electron chi connectivity index (χ0n) is 13.2. The van der Waals surface area contributed by atoms with Gasteiger partial charge in [0.05, 0.1) is 19.3 Å². The smallest absolute Gasteiger partial charge is 0.138 e. The number of rotatable bonds is 3. The molecule has 1 saturated heterocycles. The Morgan fingerprint density at radius 1 is 1.40 bits per heavy atom. The van der Waals surface area contributed by atoms with E-state index in [1.165, 1.54) is 0 Å². The van der Waals surface area contributed by atoms with E-state index in [0.717, 1.165) is 43.6 Å². The number of hydrogen-bond donors (Lipinski definition) is 1. The number of nitrogens with zero attached hydrogens (tertiary/aromatic N) is 3. The molecule has 1 aliphatic rings. The summed E-state index contributed by atoms with van der Waals surface area (Å²) >= 11 is 0. The molecular formula is C15H26N4O. The highest BCUT2D eigenvalue weighted by Gasteiger charge is 2.26. The minimum Gasteiger partial charge on any atom is -0.377 e. The molecular weight excluding hydrogens is 252 g/mol. The molecule has 0 amide bonds. The van der Waals surface area contributed by atoms with E-state index < -0.39 is 0 Å². The van der Waals surface area contributed by atoms with Gasteiger partial charge in [-0.25, -0.2) is 9.97 Å². The van der Waals surface area contributed by atoms with Gasteiger partial charge >= 0.3 is 0 Å². The summed E-state index contributed by atoms with van der Waals surface area (Å²) in [5, 5.41) is 3.14. The van der Waals surface area contributed by atoms with Gasteiger partial charge in [-0.3, -0.25) is 0 Å². The van der Waals surface area contributed by atoms with E-state index in [1.807, 2.05) is 13.1 Å². The summed E-state index contributed by atoms with van der Waals surface area (Å²) in [5.74, 6) is 2.76. The predicted octanol–water partition coefficient (Wildman–Crippen LogP) is 2.43. The first-order chi connectivity index (χ1) is 9.45. The summed E-state index contributed by atoms with van der Waals surface area (Å²) < 4.78 is 5.58. The Balaban J connectivity index is 2.39. The Morgan fingerprint density at radius 3 is 2.75 bits per heavy atom. The second-order valence-corrected chi connectivity index (χ2v) is 6.27. The van der Waals surface area contributed by atoms with Crippen molar-refractivity contribution in [3.05, 3.63) is 11.9 Å². The zero-order chi connectivity index (χ0) is 14.8. The highest BCUT2D eigenvalue weighted by atomic mass is 16.5. The lowest BCUT2D eigenvalue weighted by Crippen LogP contribution is -2.45. The van der Waals surface area contributed by atoms with Gasteiger partial charge in [0.2, 0.25) is 0 Å². The quantitative estimate of drug-likeness (QED) is 0.920. The largest absolute Gasteiger partial charge is 0.377 e. The van der Waals surface area contributed by atoms with E-state index in [9.17, 15) is 0 Å². The predicted molar refractivity (Wildman–Crippen MR) is 82.5 cm³/mol. The molecule has 0 aliphatic carbocycles. The second kappa shape index (κ2) is 5.95. The third-order valence-electron chi connectivity index (χ3n) is 3.63. The molecule has 0 spiro atoms. The van der Waals surface area contributed by atoms with Crippen molar-refractivity contribution in [2.75, 3.05) is 37.0 Å². The van der Waals surface area contributed by atoms with Gasteiger partial charge in [0.25, 0.3) is 0 Å². The molecule has 1 fully saturated rings. The summed E-state index contributed by atoms with van der Waals surface area (Å²) in [6, 6.07) is 2.43. The minimum atomic E-state index is -0.0599. The molecule has 20 heavy (non-hydrogen) atoms. The average molecular weight is 278 g/mol. The number of hydrogen-bond acceptors (Lipinski definition) is 5. The van der Waals surface area contributed by atoms with Crippen LogP contribution in [0.3, 0.4) is 0 Å². The van der Waals surface area contributed by atoms with Crippen molar-refractivity contribution in [1.29, 1.82) is 0 Å². The van der Waals surface area contributed by atoms with Crippen LogP contribution in [0, 0.1) is 0 Å². The highest BCUT2D eigenvalue weighted by Crippen LogP contribution is 2.26. The normalized spacial score (nSPS) is 20.1. The van der Waals surface area contributed by atoms with Crippen LogP contribution in [0.1, 0.15) is 39.9 Å². The number of nitrogens with one attached hydrogen (secondary N) is 1. The van der Waals surface area contributed by atoms with Crippen LogP contribution in [0.4, 0.5) is 11.6 Å². The number of morpholine rings is 1. The van der Waals surface area contributed by atoms with E-state index in [0.29, 0.717) is 6.04 Å². The van der Waals surface area contributed by atoms with Crippen LogP contribution in [-0.2, 0) is 10.2 Å². The molecule has 0 saturated carbocycles. The van der Waals surface area contributed by atoms with Gasteiger partial charge < -0.3 is 15.0 Å². The van der Waals surface area contributed by atoms with Crippen molar-refractivity contribution >= 4 is 11.6 Å². The van der Waals surface area contributed by atoms with E-state index in [1.54, 1.807) is 0 Å². The van der Waals surface area contributed by atoms with E-state index in [2.05, 4.69) is 42.9 Å².